The molecule has 0 spiro atoms. The minimum Gasteiger partial charge on any atom is -0.327 e. The number of benzene rings is 2. The summed E-state index contributed by atoms with van der Waals surface area (Å²) in [6.45, 7) is 0. The van der Waals surface area contributed by atoms with Crippen molar-refractivity contribution in [3.8, 4) is 0 Å². The standard InChI is InChI=1S/C24H25FN2O3/c25-18-11-13-20(14-12-18)27-23(29)16-21(24(27)30)26(19-9-5-2-6-10-19)22(28)15-17-7-3-1-4-8-17/h1,3-4,7-8,11-14,19,21H,2,5-6,9-10,15-16H2. The van der Waals surface area contributed by atoms with Gasteiger partial charge < -0.3 is 4.90 Å². The van der Waals surface area contributed by atoms with Gasteiger partial charge in [0.1, 0.15) is 11.9 Å². The predicted molar refractivity (Wildman–Crippen MR) is 111 cm³/mol. The molecule has 0 radical (unpaired) electrons. The zero-order chi connectivity index (χ0) is 21.1. The molecule has 1 unspecified atom stereocenters. The maximum atomic E-state index is 13.3. The molecule has 3 amide bonds. The second-order valence-corrected chi connectivity index (χ2v) is 8.02. The third kappa shape index (κ3) is 4.13. The van der Waals surface area contributed by atoms with Crippen LogP contribution >= 0.6 is 0 Å². The molecule has 156 valence electrons. The van der Waals surface area contributed by atoms with Gasteiger partial charge in [-0.25, -0.2) is 9.29 Å². The summed E-state index contributed by atoms with van der Waals surface area (Å²) in [7, 11) is 0. The molecule has 0 N–H and O–H groups in total. The van der Waals surface area contributed by atoms with Crippen molar-refractivity contribution in [2.45, 2.75) is 57.0 Å². The molecule has 30 heavy (non-hydrogen) atoms. The molecule has 6 heteroatoms. The van der Waals surface area contributed by atoms with Gasteiger partial charge in [-0.3, -0.25) is 14.4 Å². The molecule has 4 rings (SSSR count). The summed E-state index contributed by atoms with van der Waals surface area (Å²) in [6.07, 6.45) is 4.99. The first-order chi connectivity index (χ1) is 14.5. The predicted octanol–water partition coefficient (Wildman–Crippen LogP) is 3.86. The maximum absolute atomic E-state index is 13.3. The van der Waals surface area contributed by atoms with Gasteiger partial charge in [-0.15, -0.1) is 0 Å². The SMILES string of the molecule is O=C1CC(N(C(=O)Cc2ccccc2)C2CCCCC2)C(=O)N1c1ccc(F)cc1. The van der Waals surface area contributed by atoms with E-state index in [1.165, 1.54) is 24.3 Å². The molecule has 1 heterocycles. The van der Waals surface area contributed by atoms with Gasteiger partial charge in [0, 0.05) is 6.04 Å². The van der Waals surface area contributed by atoms with Crippen molar-refractivity contribution in [1.29, 1.82) is 0 Å². The summed E-state index contributed by atoms with van der Waals surface area (Å²) in [5.41, 5.74) is 1.23. The molecule has 2 fully saturated rings. The summed E-state index contributed by atoms with van der Waals surface area (Å²) in [4.78, 5) is 42.1. The van der Waals surface area contributed by atoms with Crippen molar-refractivity contribution in [2.24, 2.45) is 0 Å². The Hall–Kier alpha value is -3.02. The minimum atomic E-state index is -0.804. The molecule has 5 nitrogen and oxygen atoms in total. The molecular formula is C24H25FN2O3. The van der Waals surface area contributed by atoms with Crippen molar-refractivity contribution in [1.82, 2.24) is 4.90 Å². The molecule has 1 aliphatic heterocycles. The monoisotopic (exact) mass is 408 g/mol. The average molecular weight is 408 g/mol. The van der Waals surface area contributed by atoms with Crippen LogP contribution in [-0.4, -0.2) is 34.7 Å². The second-order valence-electron chi connectivity index (χ2n) is 8.02. The summed E-state index contributed by atoms with van der Waals surface area (Å²) in [6, 6.07) is 13.9. The Kier molecular flexibility index (Phi) is 5.93. The van der Waals surface area contributed by atoms with Crippen LogP contribution in [0.5, 0.6) is 0 Å². The number of nitrogens with zero attached hydrogens (tertiary/aromatic N) is 2. The molecule has 2 aromatic rings. The van der Waals surface area contributed by atoms with E-state index in [1.54, 1.807) is 4.90 Å². The van der Waals surface area contributed by atoms with E-state index in [0.717, 1.165) is 42.6 Å². The van der Waals surface area contributed by atoms with Crippen molar-refractivity contribution in [2.75, 3.05) is 4.90 Å². The topological polar surface area (TPSA) is 57.7 Å². The van der Waals surface area contributed by atoms with Crippen LogP contribution in [0.4, 0.5) is 10.1 Å². The van der Waals surface area contributed by atoms with Gasteiger partial charge in [0.2, 0.25) is 11.8 Å². The minimum absolute atomic E-state index is 0.0345. The first-order valence-corrected chi connectivity index (χ1v) is 10.5. The first-order valence-electron chi connectivity index (χ1n) is 10.5. The van der Waals surface area contributed by atoms with E-state index in [1.807, 2.05) is 30.3 Å². The average Bonchev–Trinajstić information content (AvgIpc) is 3.04. The van der Waals surface area contributed by atoms with Crippen LogP contribution in [0.25, 0.3) is 0 Å². The van der Waals surface area contributed by atoms with Crippen LogP contribution in [0.1, 0.15) is 44.1 Å². The number of halogens is 1. The second kappa shape index (κ2) is 8.78. The smallest absolute Gasteiger partial charge is 0.257 e. The lowest BCUT2D eigenvalue weighted by Crippen LogP contribution is -2.51. The van der Waals surface area contributed by atoms with Gasteiger partial charge in [0.25, 0.3) is 5.91 Å². The highest BCUT2D eigenvalue weighted by Gasteiger charge is 2.46. The largest absolute Gasteiger partial charge is 0.327 e. The summed E-state index contributed by atoms with van der Waals surface area (Å²) in [5, 5.41) is 0. The first kappa shape index (κ1) is 20.3. The summed E-state index contributed by atoms with van der Waals surface area (Å²) >= 11 is 0. The van der Waals surface area contributed by atoms with Crippen molar-refractivity contribution < 1.29 is 18.8 Å². The van der Waals surface area contributed by atoms with Crippen LogP contribution in [-0.2, 0) is 20.8 Å². The number of rotatable bonds is 5. The normalized spacial score (nSPS) is 19.9. The van der Waals surface area contributed by atoms with Gasteiger partial charge in [0.05, 0.1) is 18.5 Å². The lowest BCUT2D eigenvalue weighted by Gasteiger charge is -2.37. The highest BCUT2D eigenvalue weighted by molar-refractivity contribution is 6.23. The van der Waals surface area contributed by atoms with Crippen LogP contribution in [0.3, 0.4) is 0 Å². The van der Waals surface area contributed by atoms with E-state index in [0.29, 0.717) is 5.69 Å². The highest BCUT2D eigenvalue weighted by atomic mass is 19.1. The number of anilines is 1. The summed E-state index contributed by atoms with van der Waals surface area (Å²) < 4.78 is 13.3. The molecule has 2 aliphatic rings. The van der Waals surface area contributed by atoms with Crippen LogP contribution in [0, 0.1) is 5.82 Å². The van der Waals surface area contributed by atoms with Crippen LogP contribution < -0.4 is 4.90 Å². The molecule has 0 aromatic heterocycles. The molecule has 0 bridgehead atoms. The quantitative estimate of drug-likeness (QED) is 0.706. The van der Waals surface area contributed by atoms with E-state index in [2.05, 4.69) is 0 Å². The van der Waals surface area contributed by atoms with Gasteiger partial charge in [-0.05, 0) is 42.7 Å². The Balaban J connectivity index is 1.61. The van der Waals surface area contributed by atoms with Crippen molar-refractivity contribution in [3.63, 3.8) is 0 Å². The number of carbonyl (C=O) groups is 3. The molecule has 1 aliphatic carbocycles. The molecule has 1 saturated carbocycles. The van der Waals surface area contributed by atoms with Crippen molar-refractivity contribution in [3.05, 3.63) is 66.0 Å². The zero-order valence-electron chi connectivity index (χ0n) is 16.8. The number of hydrogen-bond donors (Lipinski definition) is 0. The number of carbonyl (C=O) groups excluding carboxylic acids is 3. The molecule has 1 saturated heterocycles. The molecule has 1 atom stereocenters. The maximum Gasteiger partial charge on any atom is 0.257 e. The number of amides is 3. The molecular weight excluding hydrogens is 383 g/mol. The van der Waals surface area contributed by atoms with E-state index in [-0.39, 0.29) is 30.7 Å². The Morgan fingerprint density at radius 3 is 2.30 bits per heavy atom. The number of hydrogen-bond acceptors (Lipinski definition) is 3. The lowest BCUT2D eigenvalue weighted by atomic mass is 9.92. The lowest BCUT2D eigenvalue weighted by molar-refractivity contribution is -0.141. The van der Waals surface area contributed by atoms with Gasteiger partial charge in [-0.1, -0.05) is 49.6 Å². The van der Waals surface area contributed by atoms with Gasteiger partial charge in [0.15, 0.2) is 0 Å². The van der Waals surface area contributed by atoms with E-state index < -0.39 is 17.8 Å². The fraction of sp³-hybridized carbons (Fsp3) is 0.375. The Labute approximate surface area is 175 Å². The Morgan fingerprint density at radius 2 is 1.63 bits per heavy atom. The molecule has 2 aromatic carbocycles. The summed E-state index contributed by atoms with van der Waals surface area (Å²) in [5.74, 6) is -1.32. The van der Waals surface area contributed by atoms with Crippen molar-refractivity contribution >= 4 is 23.4 Å². The fourth-order valence-corrected chi connectivity index (χ4v) is 4.55. The van der Waals surface area contributed by atoms with Gasteiger partial charge >= 0.3 is 0 Å². The van der Waals surface area contributed by atoms with E-state index in [9.17, 15) is 18.8 Å². The van der Waals surface area contributed by atoms with Crippen LogP contribution in [0.15, 0.2) is 54.6 Å². The fourth-order valence-electron chi connectivity index (χ4n) is 4.55. The Morgan fingerprint density at radius 1 is 0.967 bits per heavy atom. The van der Waals surface area contributed by atoms with E-state index >= 15 is 0 Å². The zero-order valence-corrected chi connectivity index (χ0v) is 16.8. The van der Waals surface area contributed by atoms with Gasteiger partial charge in [-0.2, -0.15) is 0 Å². The Bertz CT molecular complexity index is 923. The van der Waals surface area contributed by atoms with Crippen LogP contribution in [0.2, 0.25) is 0 Å². The highest BCUT2D eigenvalue weighted by Crippen LogP contribution is 2.31. The van der Waals surface area contributed by atoms with E-state index in [4.69, 9.17) is 0 Å². The third-order valence-electron chi connectivity index (χ3n) is 6.00. The number of imide groups is 1. The third-order valence-corrected chi connectivity index (χ3v) is 6.00.